The summed E-state index contributed by atoms with van der Waals surface area (Å²) >= 11 is 0.977. The Bertz CT molecular complexity index is 379. The van der Waals surface area contributed by atoms with Gasteiger partial charge in [-0.1, -0.05) is 0 Å². The molecule has 1 aromatic rings. The van der Waals surface area contributed by atoms with Gasteiger partial charge in [-0.3, -0.25) is 0 Å². The minimum absolute atomic E-state index is 0.133. The number of nitrogens with zero attached hydrogens (tertiary/aromatic N) is 2. The summed E-state index contributed by atoms with van der Waals surface area (Å²) in [5, 5.41) is 3.70. The quantitative estimate of drug-likeness (QED) is 0.531. The molecule has 0 bridgehead atoms. The van der Waals surface area contributed by atoms with Crippen LogP contribution < -0.4 is 5.43 Å². The summed E-state index contributed by atoms with van der Waals surface area (Å²) in [5.41, 5.74) is 2.65. The number of hydrogen-bond acceptors (Lipinski definition) is 4. The zero-order valence-corrected chi connectivity index (χ0v) is 7.91. The molecule has 64 valence electrons. The second-order valence-corrected chi connectivity index (χ2v) is 5.45. The second-order valence-electron chi connectivity index (χ2n) is 1.61. The van der Waals surface area contributed by atoms with Crippen molar-refractivity contribution in [3.05, 3.63) is 10.0 Å². The van der Waals surface area contributed by atoms with Gasteiger partial charge in [0.15, 0.2) is 12.8 Å². The average Bonchev–Trinajstić information content (AvgIpc) is 2.32. The van der Waals surface area contributed by atoms with Crippen LogP contribution in [0.5, 0.6) is 0 Å². The fourth-order valence-electron chi connectivity index (χ4n) is 0.446. The van der Waals surface area contributed by atoms with Crippen LogP contribution in [0.15, 0.2) is 6.20 Å². The first-order valence-electron chi connectivity index (χ1n) is 2.56. The molecule has 8 heteroatoms. The van der Waals surface area contributed by atoms with E-state index in [1.54, 1.807) is 7.05 Å². The van der Waals surface area contributed by atoms with Gasteiger partial charge in [-0.2, -0.15) is 0 Å². The molecule has 1 unspecified atom stereocenters. The van der Waals surface area contributed by atoms with Gasteiger partial charge in [0.1, 0.15) is 0 Å². The molecular formula is C3H6ClN3O2S2. The van der Waals surface area contributed by atoms with Crippen molar-refractivity contribution in [3.63, 3.8) is 0 Å². The van der Waals surface area contributed by atoms with E-state index in [2.05, 4.69) is 10.5 Å². The molecule has 1 aromatic heterocycles. The highest BCUT2D eigenvalue weighted by atomic mass is 35.7. The maximum Gasteiger partial charge on any atom is 0.186 e. The van der Waals surface area contributed by atoms with Crippen molar-refractivity contribution in [2.75, 3.05) is 12.5 Å². The maximum atomic E-state index is 10.8. The fraction of sp³-hybridized carbons (Fsp3) is 0.333. The molecule has 0 saturated heterocycles. The first kappa shape index (κ1) is 8.85. The van der Waals surface area contributed by atoms with Crippen LogP contribution in [-0.2, 0) is 9.02 Å². The SMILES string of the molecule is CNn1ncc(=S(=O)(O)Cl)s1. The van der Waals surface area contributed by atoms with E-state index in [1.165, 1.54) is 10.4 Å². The normalized spacial score (nSPS) is 15.9. The fourth-order valence-corrected chi connectivity index (χ4v) is 2.03. The van der Waals surface area contributed by atoms with Crippen LogP contribution in [0, 0.1) is 3.82 Å². The van der Waals surface area contributed by atoms with Gasteiger partial charge in [-0.15, -0.1) is 9.28 Å². The molecule has 11 heavy (non-hydrogen) atoms. The predicted octanol–water partition coefficient (Wildman–Crippen LogP) is 0.561. The summed E-state index contributed by atoms with van der Waals surface area (Å²) in [4.78, 5) is 0. The Hall–Kier alpha value is -0.240. The Morgan fingerprint density at radius 3 is 2.91 bits per heavy atom. The molecule has 0 spiro atoms. The zero-order valence-electron chi connectivity index (χ0n) is 5.52. The number of halogens is 1. The Kier molecular flexibility index (Phi) is 2.43. The van der Waals surface area contributed by atoms with Crippen LogP contribution in [0.2, 0.25) is 0 Å². The Morgan fingerprint density at radius 1 is 2.00 bits per heavy atom. The van der Waals surface area contributed by atoms with Gasteiger partial charge < -0.3 is 9.98 Å². The van der Waals surface area contributed by atoms with Crippen LogP contribution >= 0.6 is 22.2 Å². The van der Waals surface area contributed by atoms with Crippen LogP contribution in [0.25, 0.3) is 0 Å². The summed E-state index contributed by atoms with van der Waals surface area (Å²) in [7, 11) is 3.41. The second kappa shape index (κ2) is 3.02. The highest BCUT2D eigenvalue weighted by Crippen LogP contribution is 2.05. The zero-order chi connectivity index (χ0) is 8.48. The summed E-state index contributed by atoms with van der Waals surface area (Å²) in [6, 6.07) is 0. The van der Waals surface area contributed by atoms with Crippen LogP contribution in [0.3, 0.4) is 0 Å². The molecule has 1 atom stereocenters. The molecular weight excluding hydrogens is 210 g/mol. The molecule has 0 radical (unpaired) electrons. The summed E-state index contributed by atoms with van der Waals surface area (Å²) < 4.78 is 21.0. The van der Waals surface area contributed by atoms with Crippen molar-refractivity contribution in [1.29, 1.82) is 0 Å². The smallest absolute Gasteiger partial charge is 0.186 e. The van der Waals surface area contributed by atoms with Crippen molar-refractivity contribution in [2.45, 2.75) is 0 Å². The highest BCUT2D eigenvalue weighted by molar-refractivity contribution is 8.13. The largest absolute Gasteiger partial charge is 0.303 e. The van der Waals surface area contributed by atoms with Gasteiger partial charge in [0.2, 0.25) is 0 Å². The van der Waals surface area contributed by atoms with E-state index >= 15 is 0 Å². The van der Waals surface area contributed by atoms with Gasteiger partial charge in [0.05, 0.1) is 6.20 Å². The molecule has 0 fully saturated rings. The van der Waals surface area contributed by atoms with Crippen molar-refractivity contribution in [1.82, 2.24) is 9.28 Å². The van der Waals surface area contributed by atoms with Crippen molar-refractivity contribution in [3.8, 4) is 0 Å². The maximum absolute atomic E-state index is 10.8. The molecule has 0 aliphatic carbocycles. The molecule has 5 nitrogen and oxygen atoms in total. The molecule has 0 amide bonds. The third-order valence-electron chi connectivity index (χ3n) is 0.884. The molecule has 0 aliphatic rings. The summed E-state index contributed by atoms with van der Waals surface area (Å²) in [5.74, 6) is 0. The van der Waals surface area contributed by atoms with Crippen LogP contribution in [0.4, 0.5) is 0 Å². The number of nitrogens with one attached hydrogen (secondary N) is 1. The lowest BCUT2D eigenvalue weighted by Gasteiger charge is -1.91. The van der Waals surface area contributed by atoms with Gasteiger partial charge >= 0.3 is 0 Å². The average molecular weight is 216 g/mol. The third kappa shape index (κ3) is 2.09. The van der Waals surface area contributed by atoms with E-state index in [0.717, 1.165) is 11.5 Å². The van der Waals surface area contributed by atoms with Gasteiger partial charge in [-0.05, 0) is 11.5 Å². The lowest BCUT2D eigenvalue weighted by Crippen LogP contribution is -2.05. The predicted molar refractivity (Wildman–Crippen MR) is 45.3 cm³/mol. The minimum Gasteiger partial charge on any atom is -0.303 e. The van der Waals surface area contributed by atoms with E-state index in [1.807, 2.05) is 0 Å². The van der Waals surface area contributed by atoms with Gasteiger partial charge in [0, 0.05) is 17.7 Å². The number of rotatable bonds is 1. The van der Waals surface area contributed by atoms with Crippen LogP contribution in [0.1, 0.15) is 0 Å². The Morgan fingerprint density at radius 2 is 2.64 bits per heavy atom. The summed E-state index contributed by atoms with van der Waals surface area (Å²) in [6.45, 7) is 0. The molecule has 0 aliphatic heterocycles. The highest BCUT2D eigenvalue weighted by Gasteiger charge is 1.99. The first-order valence-corrected chi connectivity index (χ1v) is 5.68. The van der Waals surface area contributed by atoms with Crippen molar-refractivity contribution in [2.24, 2.45) is 0 Å². The molecule has 2 N–H and O–H groups in total. The van der Waals surface area contributed by atoms with Gasteiger partial charge in [0.25, 0.3) is 0 Å². The molecule has 1 rings (SSSR count). The Balaban J connectivity index is 3.41. The monoisotopic (exact) mass is 215 g/mol. The molecule has 1 heterocycles. The minimum atomic E-state index is -3.37. The number of hydrogen-bond donors (Lipinski definition) is 2. The molecule has 0 aromatic carbocycles. The lowest BCUT2D eigenvalue weighted by atomic mass is 11.0. The van der Waals surface area contributed by atoms with E-state index in [4.69, 9.17) is 15.2 Å². The summed E-state index contributed by atoms with van der Waals surface area (Å²) in [6.07, 6.45) is 1.25. The van der Waals surface area contributed by atoms with E-state index < -0.39 is 9.02 Å². The van der Waals surface area contributed by atoms with E-state index in [9.17, 15) is 4.21 Å². The topological polar surface area (TPSA) is 67.2 Å². The van der Waals surface area contributed by atoms with E-state index in [0.29, 0.717) is 0 Å². The van der Waals surface area contributed by atoms with E-state index in [-0.39, 0.29) is 3.82 Å². The number of aromatic nitrogens is 2. The molecule has 0 saturated carbocycles. The van der Waals surface area contributed by atoms with Crippen molar-refractivity contribution >= 4 is 31.2 Å². The standard InChI is InChI=1S/C3H6ClN3O2S2/c1-5-7-6-2-3(10-7)11(4,8)9/h2,5H,1H3,(H,8,9). The first-order chi connectivity index (χ1) is 5.04. The Labute approximate surface area is 72.1 Å². The third-order valence-corrected chi connectivity index (χ3v) is 3.90. The lowest BCUT2D eigenvalue weighted by molar-refractivity contribution is 0.572. The van der Waals surface area contributed by atoms with Crippen molar-refractivity contribution < 1.29 is 8.76 Å². The van der Waals surface area contributed by atoms with Gasteiger partial charge in [-0.25, -0.2) is 4.21 Å². The van der Waals surface area contributed by atoms with Crippen LogP contribution in [-0.4, -0.2) is 25.1 Å².